The number of hydrogen-bond donors (Lipinski definition) is 1. The van der Waals surface area contributed by atoms with Crippen LogP contribution in [0.3, 0.4) is 0 Å². The maximum atomic E-state index is 12.0. The third-order valence-corrected chi connectivity index (χ3v) is 2.84. The van der Waals surface area contributed by atoms with Gasteiger partial charge >= 0.3 is 0 Å². The number of amides is 1. The highest BCUT2D eigenvalue weighted by Gasteiger charge is 2.10. The number of halogens is 2. The number of nitrogens with one attached hydrogen (secondary N) is 1. The Morgan fingerprint density at radius 3 is 2.75 bits per heavy atom. The van der Waals surface area contributed by atoms with Crippen LogP contribution in [0, 0.1) is 0 Å². The van der Waals surface area contributed by atoms with Gasteiger partial charge in [-0.05, 0) is 17.7 Å². The van der Waals surface area contributed by atoms with E-state index >= 15 is 0 Å². The molecular formula is C13H11Cl2N3O2. The Morgan fingerprint density at radius 2 is 2.05 bits per heavy atom. The molecule has 5 nitrogen and oxygen atoms in total. The molecular weight excluding hydrogens is 301 g/mol. The highest BCUT2D eigenvalue weighted by molar-refractivity contribution is 6.32. The Morgan fingerprint density at radius 1 is 1.30 bits per heavy atom. The van der Waals surface area contributed by atoms with Crippen molar-refractivity contribution in [1.82, 2.24) is 9.97 Å². The second-order valence-electron chi connectivity index (χ2n) is 3.88. The first-order valence-electron chi connectivity index (χ1n) is 5.70. The van der Waals surface area contributed by atoms with E-state index in [1.165, 1.54) is 6.07 Å². The number of anilines is 1. The van der Waals surface area contributed by atoms with E-state index in [4.69, 9.17) is 27.9 Å². The molecule has 0 saturated carbocycles. The zero-order chi connectivity index (χ0) is 14.5. The average Bonchev–Trinajstić information content (AvgIpc) is 2.37. The van der Waals surface area contributed by atoms with Crippen LogP contribution in [0.5, 0.6) is 5.75 Å². The molecule has 1 amide bonds. The van der Waals surface area contributed by atoms with Gasteiger partial charge in [-0.3, -0.25) is 4.79 Å². The van der Waals surface area contributed by atoms with Gasteiger partial charge in [0, 0.05) is 11.6 Å². The summed E-state index contributed by atoms with van der Waals surface area (Å²) < 4.78 is 5.19. The first-order valence-corrected chi connectivity index (χ1v) is 6.46. The van der Waals surface area contributed by atoms with Gasteiger partial charge in [0.25, 0.3) is 0 Å². The van der Waals surface area contributed by atoms with Crippen molar-refractivity contribution in [2.24, 2.45) is 0 Å². The van der Waals surface area contributed by atoms with Crippen LogP contribution in [0.25, 0.3) is 0 Å². The molecule has 0 aliphatic rings. The fraction of sp³-hybridized carbons (Fsp3) is 0.154. The van der Waals surface area contributed by atoms with E-state index in [9.17, 15) is 4.79 Å². The molecule has 0 aliphatic carbocycles. The molecule has 1 aromatic heterocycles. The molecule has 0 spiro atoms. The summed E-state index contributed by atoms with van der Waals surface area (Å²) in [5, 5.41) is 2.75. The average molecular weight is 312 g/mol. The molecule has 1 N–H and O–H groups in total. The number of rotatable bonds is 4. The van der Waals surface area contributed by atoms with E-state index in [0.717, 1.165) is 5.56 Å². The van der Waals surface area contributed by atoms with E-state index in [0.29, 0.717) is 5.75 Å². The van der Waals surface area contributed by atoms with Crippen molar-refractivity contribution in [2.75, 3.05) is 12.4 Å². The van der Waals surface area contributed by atoms with Gasteiger partial charge in [0.2, 0.25) is 11.2 Å². The summed E-state index contributed by atoms with van der Waals surface area (Å²) in [5.74, 6) is 0.664. The minimum Gasteiger partial charge on any atom is -0.496 e. The SMILES string of the molecule is COc1ccccc1CC(=O)Nc1cc(Cl)nc(Cl)n1. The van der Waals surface area contributed by atoms with Gasteiger partial charge in [0.1, 0.15) is 16.7 Å². The Labute approximate surface area is 125 Å². The first kappa shape index (κ1) is 14.6. The predicted molar refractivity (Wildman–Crippen MR) is 77.4 cm³/mol. The van der Waals surface area contributed by atoms with Crippen molar-refractivity contribution in [3.63, 3.8) is 0 Å². The first-order chi connectivity index (χ1) is 9.58. The quantitative estimate of drug-likeness (QED) is 0.696. The number of ether oxygens (including phenoxy) is 1. The molecule has 0 saturated heterocycles. The monoisotopic (exact) mass is 311 g/mol. The van der Waals surface area contributed by atoms with Crippen molar-refractivity contribution in [2.45, 2.75) is 6.42 Å². The third-order valence-electron chi connectivity index (χ3n) is 2.48. The largest absolute Gasteiger partial charge is 0.496 e. The Balaban J connectivity index is 2.09. The zero-order valence-corrected chi connectivity index (χ0v) is 12.1. The van der Waals surface area contributed by atoms with E-state index in [2.05, 4.69) is 15.3 Å². The molecule has 0 aliphatic heterocycles. The second-order valence-corrected chi connectivity index (χ2v) is 4.61. The lowest BCUT2D eigenvalue weighted by Crippen LogP contribution is -2.16. The lowest BCUT2D eigenvalue weighted by molar-refractivity contribution is -0.115. The Hall–Kier alpha value is -1.85. The van der Waals surface area contributed by atoms with Crippen molar-refractivity contribution in [1.29, 1.82) is 0 Å². The Bertz CT molecular complexity index is 615. The third kappa shape index (κ3) is 3.82. The highest BCUT2D eigenvalue weighted by atomic mass is 35.5. The molecule has 0 unspecified atom stereocenters. The molecule has 1 heterocycles. The molecule has 0 fully saturated rings. The molecule has 1 aromatic carbocycles. The number of carbonyl (C=O) groups is 1. The van der Waals surface area contributed by atoms with E-state index in [1.54, 1.807) is 13.2 Å². The molecule has 0 bridgehead atoms. The smallest absolute Gasteiger partial charge is 0.230 e. The van der Waals surface area contributed by atoms with Crippen LogP contribution in [0.2, 0.25) is 10.4 Å². The molecule has 0 atom stereocenters. The van der Waals surface area contributed by atoms with E-state index in [1.807, 2.05) is 18.2 Å². The van der Waals surface area contributed by atoms with Crippen molar-refractivity contribution < 1.29 is 9.53 Å². The van der Waals surface area contributed by atoms with Gasteiger partial charge < -0.3 is 10.1 Å². The number of carbonyl (C=O) groups excluding carboxylic acids is 1. The standard InChI is InChI=1S/C13H11Cl2N3O2/c1-20-9-5-3-2-4-8(9)6-12(19)17-11-7-10(14)16-13(15)18-11/h2-5,7H,6H2,1H3,(H,16,17,18,19). The summed E-state index contributed by atoms with van der Waals surface area (Å²) in [6.07, 6.45) is 0.156. The van der Waals surface area contributed by atoms with Crippen LogP contribution < -0.4 is 10.1 Å². The van der Waals surface area contributed by atoms with Gasteiger partial charge in [0.15, 0.2) is 0 Å². The van der Waals surface area contributed by atoms with Gasteiger partial charge in [-0.15, -0.1) is 0 Å². The number of benzene rings is 1. The fourth-order valence-corrected chi connectivity index (χ4v) is 2.07. The van der Waals surface area contributed by atoms with E-state index in [-0.39, 0.29) is 28.6 Å². The summed E-state index contributed by atoms with van der Waals surface area (Å²) in [7, 11) is 1.56. The fourth-order valence-electron chi connectivity index (χ4n) is 1.66. The normalized spacial score (nSPS) is 10.2. The van der Waals surface area contributed by atoms with Gasteiger partial charge in [0.05, 0.1) is 13.5 Å². The maximum absolute atomic E-state index is 12.0. The predicted octanol–water partition coefficient (Wildman–Crippen LogP) is 2.97. The van der Waals surface area contributed by atoms with Gasteiger partial charge in [-0.25, -0.2) is 9.97 Å². The van der Waals surface area contributed by atoms with Crippen molar-refractivity contribution >= 4 is 34.9 Å². The number of methoxy groups -OCH3 is 1. The molecule has 2 aromatic rings. The lowest BCUT2D eigenvalue weighted by Gasteiger charge is -2.08. The lowest BCUT2D eigenvalue weighted by atomic mass is 10.1. The van der Waals surface area contributed by atoms with Crippen molar-refractivity contribution in [3.8, 4) is 5.75 Å². The number of aromatic nitrogens is 2. The van der Waals surface area contributed by atoms with Gasteiger partial charge in [-0.1, -0.05) is 29.8 Å². The highest BCUT2D eigenvalue weighted by Crippen LogP contribution is 2.19. The van der Waals surface area contributed by atoms with Crippen LogP contribution in [-0.2, 0) is 11.2 Å². The maximum Gasteiger partial charge on any atom is 0.230 e. The number of nitrogens with zero attached hydrogens (tertiary/aromatic N) is 2. The van der Waals surface area contributed by atoms with Crippen LogP contribution in [0.15, 0.2) is 30.3 Å². The minimum absolute atomic E-state index is 0.0231. The second kappa shape index (κ2) is 6.54. The summed E-state index contributed by atoms with van der Waals surface area (Å²) in [5.41, 5.74) is 0.777. The van der Waals surface area contributed by atoms with Gasteiger partial charge in [-0.2, -0.15) is 0 Å². The van der Waals surface area contributed by atoms with Crippen LogP contribution in [-0.4, -0.2) is 23.0 Å². The topological polar surface area (TPSA) is 64.1 Å². The van der Waals surface area contributed by atoms with Crippen molar-refractivity contribution in [3.05, 3.63) is 46.3 Å². The molecule has 104 valence electrons. The molecule has 7 heteroatoms. The molecule has 20 heavy (non-hydrogen) atoms. The van der Waals surface area contributed by atoms with E-state index < -0.39 is 0 Å². The summed E-state index contributed by atoms with van der Waals surface area (Å²) in [6.45, 7) is 0. The van der Waals surface area contributed by atoms with Crippen LogP contribution >= 0.6 is 23.2 Å². The summed E-state index contributed by atoms with van der Waals surface area (Å²) in [4.78, 5) is 19.5. The van der Waals surface area contributed by atoms with Crippen LogP contribution in [0.4, 0.5) is 5.82 Å². The summed E-state index contributed by atoms with van der Waals surface area (Å²) in [6, 6.07) is 8.71. The summed E-state index contributed by atoms with van der Waals surface area (Å²) >= 11 is 11.4. The number of para-hydroxylation sites is 1. The minimum atomic E-state index is -0.250. The number of hydrogen-bond acceptors (Lipinski definition) is 4. The molecule has 0 radical (unpaired) electrons. The molecule has 2 rings (SSSR count). The zero-order valence-electron chi connectivity index (χ0n) is 10.6. The Kier molecular flexibility index (Phi) is 4.76. The van der Waals surface area contributed by atoms with Crippen LogP contribution in [0.1, 0.15) is 5.56 Å².